The van der Waals surface area contributed by atoms with Gasteiger partial charge in [0.05, 0.1) is 28.8 Å². The van der Waals surface area contributed by atoms with Gasteiger partial charge in [0.25, 0.3) is 0 Å². The number of nitrogens with zero attached hydrogens (tertiary/aromatic N) is 2. The summed E-state index contributed by atoms with van der Waals surface area (Å²) in [5.74, 6) is -1.89. The van der Waals surface area contributed by atoms with Gasteiger partial charge in [-0.05, 0) is 46.8 Å². The highest BCUT2D eigenvalue weighted by Gasteiger charge is 2.35. The number of esters is 2. The monoisotopic (exact) mass is 508 g/mol. The van der Waals surface area contributed by atoms with Gasteiger partial charge in [-0.2, -0.15) is 0 Å². The molecule has 0 saturated heterocycles. The Balaban J connectivity index is 1.99. The summed E-state index contributed by atoms with van der Waals surface area (Å²) >= 11 is 0. The maximum absolute atomic E-state index is 14.2. The van der Waals surface area contributed by atoms with Crippen LogP contribution in [0.1, 0.15) is 70.0 Å². The zero-order valence-corrected chi connectivity index (χ0v) is 21.9. The van der Waals surface area contributed by atoms with Crippen LogP contribution < -0.4 is 0 Å². The van der Waals surface area contributed by atoms with Crippen molar-refractivity contribution in [2.45, 2.75) is 46.8 Å². The van der Waals surface area contributed by atoms with Gasteiger partial charge in [-0.1, -0.05) is 54.1 Å². The third-order valence-electron chi connectivity index (χ3n) is 6.25. The van der Waals surface area contributed by atoms with Crippen LogP contribution in [0.15, 0.2) is 66.9 Å². The van der Waals surface area contributed by atoms with Crippen LogP contribution in [0.5, 0.6) is 0 Å². The highest BCUT2D eigenvalue weighted by Crippen LogP contribution is 2.34. The fraction of sp³-hybridized carbons (Fsp3) is 0.226. The molecule has 192 valence electrons. The number of benzene rings is 2. The third-order valence-corrected chi connectivity index (χ3v) is 6.25. The van der Waals surface area contributed by atoms with E-state index in [1.165, 1.54) is 0 Å². The van der Waals surface area contributed by atoms with Crippen molar-refractivity contribution in [3.8, 4) is 0 Å². The van der Waals surface area contributed by atoms with Crippen molar-refractivity contribution >= 4 is 45.0 Å². The number of rotatable bonds is 6. The molecule has 7 heteroatoms. The van der Waals surface area contributed by atoms with E-state index in [1.807, 2.05) is 49.4 Å². The van der Waals surface area contributed by atoms with Crippen molar-refractivity contribution < 1.29 is 23.9 Å². The number of ketones is 1. The van der Waals surface area contributed by atoms with Gasteiger partial charge in [0.1, 0.15) is 16.8 Å². The standard InChI is InChI=1S/C31H28N2O5/c1-17(2)37-30(35)24-23-15-14-21-13-12-20-7-6-16-32-26(20)27(21)33(23)28(25(24)31(36)38-18(3)4)29(34)22-10-8-19(5)9-11-22/h6-18H,1-5H3. The molecule has 38 heavy (non-hydrogen) atoms. The molecule has 0 atom stereocenters. The van der Waals surface area contributed by atoms with E-state index < -0.39 is 29.9 Å². The lowest BCUT2D eigenvalue weighted by Crippen LogP contribution is -2.20. The number of ether oxygens (including phenoxy) is 2. The molecule has 0 radical (unpaired) electrons. The minimum atomic E-state index is -0.767. The molecular weight excluding hydrogens is 480 g/mol. The smallest absolute Gasteiger partial charge is 0.341 e. The summed E-state index contributed by atoms with van der Waals surface area (Å²) in [5.41, 5.74) is 2.89. The lowest BCUT2D eigenvalue weighted by atomic mass is 10.0. The fourth-order valence-electron chi connectivity index (χ4n) is 4.67. The summed E-state index contributed by atoms with van der Waals surface area (Å²) in [6, 6.07) is 18.3. The average Bonchev–Trinajstić information content (AvgIpc) is 3.23. The topological polar surface area (TPSA) is 87.0 Å². The van der Waals surface area contributed by atoms with Crippen LogP contribution in [-0.2, 0) is 9.47 Å². The van der Waals surface area contributed by atoms with Crippen molar-refractivity contribution in [1.82, 2.24) is 9.38 Å². The Morgan fingerprint density at radius 1 is 0.763 bits per heavy atom. The maximum atomic E-state index is 14.2. The normalized spacial score (nSPS) is 11.6. The van der Waals surface area contributed by atoms with E-state index in [-0.39, 0.29) is 16.8 Å². The second-order valence-electron chi connectivity index (χ2n) is 9.83. The first kappa shape index (κ1) is 25.1. The minimum absolute atomic E-state index is 0.00496. The molecule has 0 aliphatic rings. The Labute approximate surface area is 220 Å². The number of carbonyl (C=O) groups is 3. The first-order chi connectivity index (χ1) is 18.2. The van der Waals surface area contributed by atoms with Crippen molar-refractivity contribution in [2.24, 2.45) is 0 Å². The molecule has 0 bridgehead atoms. The molecule has 7 nitrogen and oxygen atoms in total. The Hall–Kier alpha value is -4.52. The Morgan fingerprint density at radius 3 is 2.03 bits per heavy atom. The van der Waals surface area contributed by atoms with Crippen molar-refractivity contribution in [1.29, 1.82) is 0 Å². The highest BCUT2D eigenvalue weighted by atomic mass is 16.5. The van der Waals surface area contributed by atoms with E-state index in [2.05, 4.69) is 4.98 Å². The number of aromatic nitrogens is 2. The summed E-state index contributed by atoms with van der Waals surface area (Å²) in [4.78, 5) is 46.0. The summed E-state index contributed by atoms with van der Waals surface area (Å²) < 4.78 is 12.8. The number of carbonyl (C=O) groups excluding carboxylic acids is 3. The minimum Gasteiger partial charge on any atom is -0.459 e. The number of aryl methyl sites for hydroxylation is 1. The van der Waals surface area contributed by atoms with Crippen molar-refractivity contribution in [3.63, 3.8) is 0 Å². The number of fused-ring (bicyclic) bond motifs is 5. The predicted octanol–water partition coefficient (Wildman–Crippen LogP) is 6.31. The summed E-state index contributed by atoms with van der Waals surface area (Å²) in [6.45, 7) is 8.82. The molecule has 0 saturated carbocycles. The van der Waals surface area contributed by atoms with Crippen LogP contribution in [-0.4, -0.2) is 39.3 Å². The zero-order valence-electron chi connectivity index (χ0n) is 21.9. The van der Waals surface area contributed by atoms with Crippen LogP contribution in [0.4, 0.5) is 0 Å². The third kappa shape index (κ3) is 4.30. The molecule has 3 heterocycles. The molecule has 0 N–H and O–H groups in total. The maximum Gasteiger partial charge on any atom is 0.341 e. The average molecular weight is 509 g/mol. The van der Waals surface area contributed by atoms with Crippen LogP contribution >= 0.6 is 0 Å². The summed E-state index contributed by atoms with van der Waals surface area (Å²) in [5, 5.41) is 1.65. The van der Waals surface area contributed by atoms with Gasteiger partial charge in [-0.3, -0.25) is 9.78 Å². The van der Waals surface area contributed by atoms with Gasteiger partial charge in [0, 0.05) is 22.5 Å². The molecule has 0 amide bonds. The van der Waals surface area contributed by atoms with Gasteiger partial charge in [0.15, 0.2) is 0 Å². The van der Waals surface area contributed by atoms with Gasteiger partial charge < -0.3 is 13.9 Å². The lowest BCUT2D eigenvalue weighted by molar-refractivity contribution is 0.0330. The number of hydrogen-bond acceptors (Lipinski definition) is 6. The summed E-state index contributed by atoms with van der Waals surface area (Å²) in [7, 11) is 0. The molecule has 3 aromatic heterocycles. The molecule has 0 aliphatic carbocycles. The first-order valence-corrected chi connectivity index (χ1v) is 12.6. The van der Waals surface area contributed by atoms with Gasteiger partial charge >= 0.3 is 11.9 Å². The molecular formula is C31H28N2O5. The van der Waals surface area contributed by atoms with Gasteiger partial charge in [-0.15, -0.1) is 0 Å². The number of pyridine rings is 2. The van der Waals surface area contributed by atoms with E-state index in [0.29, 0.717) is 22.1 Å². The molecule has 5 aromatic rings. The Morgan fingerprint density at radius 2 is 1.37 bits per heavy atom. The highest BCUT2D eigenvalue weighted by molar-refractivity contribution is 6.21. The predicted molar refractivity (Wildman–Crippen MR) is 146 cm³/mol. The Kier molecular flexibility index (Phi) is 6.45. The van der Waals surface area contributed by atoms with Crippen LogP contribution in [0, 0.1) is 6.92 Å². The van der Waals surface area contributed by atoms with Gasteiger partial charge in [-0.25, -0.2) is 9.59 Å². The SMILES string of the molecule is Cc1ccc(C(=O)c2c(C(=O)OC(C)C)c(C(=O)OC(C)C)c3ccc4ccc5cccnc5c4n23)cc1. The lowest BCUT2D eigenvalue weighted by Gasteiger charge is -2.12. The second-order valence-corrected chi connectivity index (χ2v) is 9.83. The molecule has 0 spiro atoms. The van der Waals surface area contributed by atoms with Gasteiger partial charge in [0.2, 0.25) is 5.78 Å². The van der Waals surface area contributed by atoms with E-state index >= 15 is 0 Å². The fourth-order valence-corrected chi connectivity index (χ4v) is 4.67. The second kappa shape index (κ2) is 9.74. The van der Waals surface area contributed by atoms with E-state index in [9.17, 15) is 14.4 Å². The quantitative estimate of drug-likeness (QED) is 0.152. The van der Waals surface area contributed by atoms with Crippen molar-refractivity contribution in [3.05, 3.63) is 94.8 Å². The van der Waals surface area contributed by atoms with Crippen molar-refractivity contribution in [2.75, 3.05) is 0 Å². The Bertz CT molecular complexity index is 1730. The molecule has 0 unspecified atom stereocenters. The first-order valence-electron chi connectivity index (χ1n) is 12.6. The largest absolute Gasteiger partial charge is 0.459 e. The summed E-state index contributed by atoms with van der Waals surface area (Å²) in [6.07, 6.45) is 0.764. The van der Waals surface area contributed by atoms with Crippen LogP contribution in [0.2, 0.25) is 0 Å². The molecule has 2 aromatic carbocycles. The zero-order chi connectivity index (χ0) is 27.1. The molecule has 0 fully saturated rings. The van der Waals surface area contributed by atoms with Crippen LogP contribution in [0.3, 0.4) is 0 Å². The molecule has 5 rings (SSSR count). The van der Waals surface area contributed by atoms with Crippen LogP contribution in [0.25, 0.3) is 27.3 Å². The molecule has 0 aliphatic heterocycles. The van der Waals surface area contributed by atoms with E-state index in [4.69, 9.17) is 9.47 Å². The van der Waals surface area contributed by atoms with E-state index in [0.717, 1.165) is 16.3 Å². The van der Waals surface area contributed by atoms with E-state index in [1.54, 1.807) is 56.5 Å². The number of hydrogen-bond donors (Lipinski definition) is 0.